The van der Waals surface area contributed by atoms with E-state index in [1.807, 2.05) is 22.5 Å². The predicted molar refractivity (Wildman–Crippen MR) is 60.3 cm³/mol. The summed E-state index contributed by atoms with van der Waals surface area (Å²) in [7, 11) is 0. The van der Waals surface area contributed by atoms with E-state index >= 15 is 0 Å². The van der Waals surface area contributed by atoms with E-state index in [0.717, 1.165) is 29.1 Å². The van der Waals surface area contributed by atoms with Crippen molar-refractivity contribution in [3.05, 3.63) is 17.6 Å². The van der Waals surface area contributed by atoms with Gasteiger partial charge >= 0.3 is 0 Å². The smallest absolute Gasteiger partial charge is 0.226 e. The molecule has 0 aromatic carbocycles. The second-order valence-electron chi connectivity index (χ2n) is 3.73. The molecule has 0 saturated carbocycles. The van der Waals surface area contributed by atoms with Crippen molar-refractivity contribution >= 4 is 27.5 Å². The summed E-state index contributed by atoms with van der Waals surface area (Å²) in [5, 5.41) is 11.5. The van der Waals surface area contributed by atoms with E-state index in [0.29, 0.717) is 6.54 Å². The lowest BCUT2D eigenvalue weighted by Crippen LogP contribution is -2.23. The lowest BCUT2D eigenvalue weighted by atomic mass is 10.3. The van der Waals surface area contributed by atoms with E-state index in [9.17, 15) is 5.11 Å². The van der Waals surface area contributed by atoms with Gasteiger partial charge in [-0.25, -0.2) is 9.97 Å². The summed E-state index contributed by atoms with van der Waals surface area (Å²) < 4.78 is 1.11. The van der Waals surface area contributed by atoms with Crippen LogP contribution in [-0.4, -0.2) is 34.3 Å². The summed E-state index contributed by atoms with van der Waals surface area (Å²) in [5.41, 5.74) is 0.992. The molecule has 2 aromatic heterocycles. The van der Waals surface area contributed by atoms with E-state index in [4.69, 9.17) is 0 Å². The first-order valence-electron chi connectivity index (χ1n) is 4.96. The third-order valence-electron chi connectivity index (χ3n) is 2.64. The molecule has 3 heterocycles. The normalized spacial score (nSPS) is 21.4. The Morgan fingerprint density at radius 2 is 2.47 bits per heavy atom. The maximum Gasteiger partial charge on any atom is 0.226 e. The van der Waals surface area contributed by atoms with Gasteiger partial charge in [0.05, 0.1) is 22.5 Å². The molecular weight excluding hydrogens is 210 g/mol. The zero-order valence-electron chi connectivity index (χ0n) is 8.13. The molecule has 5 heteroatoms. The second-order valence-corrected chi connectivity index (χ2v) is 4.68. The van der Waals surface area contributed by atoms with Crippen LogP contribution in [0.5, 0.6) is 0 Å². The Bertz CT molecular complexity index is 484. The van der Waals surface area contributed by atoms with E-state index in [1.165, 1.54) is 0 Å². The number of thiophene rings is 1. The molecule has 4 nitrogen and oxygen atoms in total. The first-order chi connectivity index (χ1) is 7.33. The molecule has 0 spiro atoms. The zero-order valence-corrected chi connectivity index (χ0v) is 8.94. The number of aliphatic hydroxyl groups is 1. The van der Waals surface area contributed by atoms with Crippen LogP contribution in [-0.2, 0) is 0 Å². The highest BCUT2D eigenvalue weighted by Crippen LogP contribution is 2.22. The maximum absolute atomic E-state index is 9.44. The van der Waals surface area contributed by atoms with Crippen molar-refractivity contribution in [3.8, 4) is 0 Å². The maximum atomic E-state index is 9.44. The monoisotopic (exact) mass is 221 g/mol. The van der Waals surface area contributed by atoms with Gasteiger partial charge in [0.25, 0.3) is 0 Å². The number of fused-ring (bicyclic) bond motifs is 1. The van der Waals surface area contributed by atoms with Crippen molar-refractivity contribution in [2.45, 2.75) is 12.5 Å². The minimum atomic E-state index is -0.230. The summed E-state index contributed by atoms with van der Waals surface area (Å²) in [5.74, 6) is 0.734. The summed E-state index contributed by atoms with van der Waals surface area (Å²) in [6, 6.07) is 2.00. The van der Waals surface area contributed by atoms with Crippen molar-refractivity contribution in [1.29, 1.82) is 0 Å². The minimum absolute atomic E-state index is 0.230. The van der Waals surface area contributed by atoms with E-state index in [-0.39, 0.29) is 6.10 Å². The quantitative estimate of drug-likeness (QED) is 0.787. The molecule has 0 bridgehead atoms. The fraction of sp³-hybridized carbons (Fsp3) is 0.400. The first kappa shape index (κ1) is 9.06. The number of aromatic nitrogens is 2. The molecule has 15 heavy (non-hydrogen) atoms. The lowest BCUT2D eigenvalue weighted by Gasteiger charge is -2.14. The highest BCUT2D eigenvalue weighted by atomic mass is 32.1. The molecule has 0 radical (unpaired) electrons. The van der Waals surface area contributed by atoms with Gasteiger partial charge in [0.15, 0.2) is 0 Å². The second kappa shape index (κ2) is 3.43. The van der Waals surface area contributed by atoms with Crippen LogP contribution in [0.4, 0.5) is 5.95 Å². The first-order valence-corrected chi connectivity index (χ1v) is 5.84. The average Bonchev–Trinajstić information content (AvgIpc) is 2.84. The Morgan fingerprint density at radius 3 is 3.27 bits per heavy atom. The molecule has 1 saturated heterocycles. The predicted octanol–water partition coefficient (Wildman–Crippen LogP) is 1.26. The van der Waals surface area contributed by atoms with Crippen molar-refractivity contribution in [3.63, 3.8) is 0 Å². The summed E-state index contributed by atoms with van der Waals surface area (Å²) in [6.45, 7) is 1.49. The number of hydrogen-bond acceptors (Lipinski definition) is 5. The van der Waals surface area contributed by atoms with Crippen LogP contribution >= 0.6 is 11.3 Å². The summed E-state index contributed by atoms with van der Waals surface area (Å²) in [4.78, 5) is 10.8. The van der Waals surface area contributed by atoms with Crippen molar-refractivity contribution in [2.75, 3.05) is 18.0 Å². The average molecular weight is 221 g/mol. The van der Waals surface area contributed by atoms with Crippen LogP contribution in [0.15, 0.2) is 17.6 Å². The third kappa shape index (κ3) is 1.57. The van der Waals surface area contributed by atoms with E-state index in [1.54, 1.807) is 11.3 Å². The van der Waals surface area contributed by atoms with Gasteiger partial charge in [0.1, 0.15) is 0 Å². The van der Waals surface area contributed by atoms with Gasteiger partial charge in [-0.3, -0.25) is 0 Å². The number of nitrogens with zero attached hydrogens (tertiary/aromatic N) is 3. The van der Waals surface area contributed by atoms with Crippen molar-refractivity contribution in [2.24, 2.45) is 0 Å². The molecule has 78 valence electrons. The van der Waals surface area contributed by atoms with Crippen LogP contribution in [0, 0.1) is 0 Å². The fourth-order valence-corrected chi connectivity index (χ4v) is 2.52. The van der Waals surface area contributed by atoms with E-state index < -0.39 is 0 Å². The van der Waals surface area contributed by atoms with Crippen molar-refractivity contribution < 1.29 is 5.11 Å². The Labute approximate surface area is 91.2 Å². The topological polar surface area (TPSA) is 49.2 Å². The third-order valence-corrected chi connectivity index (χ3v) is 3.48. The molecule has 1 atom stereocenters. The number of hydrogen-bond donors (Lipinski definition) is 1. The molecule has 0 amide bonds. The fourth-order valence-electron chi connectivity index (χ4n) is 1.83. The minimum Gasteiger partial charge on any atom is -0.391 e. The molecule has 1 N–H and O–H groups in total. The van der Waals surface area contributed by atoms with Gasteiger partial charge in [-0.15, -0.1) is 11.3 Å². The number of anilines is 1. The van der Waals surface area contributed by atoms with Crippen LogP contribution < -0.4 is 4.90 Å². The number of β-amino-alcohol motifs (C(OH)–C–C–N with tert-alkyl or cyclic N) is 1. The van der Waals surface area contributed by atoms with Crippen LogP contribution in [0.1, 0.15) is 6.42 Å². The van der Waals surface area contributed by atoms with Gasteiger partial charge in [-0.1, -0.05) is 0 Å². The molecule has 1 aliphatic heterocycles. The largest absolute Gasteiger partial charge is 0.391 e. The molecule has 1 fully saturated rings. The van der Waals surface area contributed by atoms with Crippen LogP contribution in [0.3, 0.4) is 0 Å². The Kier molecular flexibility index (Phi) is 2.07. The van der Waals surface area contributed by atoms with Crippen molar-refractivity contribution in [1.82, 2.24) is 9.97 Å². The Morgan fingerprint density at radius 1 is 1.53 bits per heavy atom. The van der Waals surface area contributed by atoms with Crippen LogP contribution in [0.25, 0.3) is 10.2 Å². The molecule has 0 aliphatic carbocycles. The van der Waals surface area contributed by atoms with Gasteiger partial charge in [0.2, 0.25) is 5.95 Å². The van der Waals surface area contributed by atoms with Gasteiger partial charge in [-0.05, 0) is 17.9 Å². The Balaban J connectivity index is 1.97. The molecule has 2 aromatic rings. The summed E-state index contributed by atoms with van der Waals surface area (Å²) in [6.07, 6.45) is 2.43. The molecule has 3 rings (SSSR count). The lowest BCUT2D eigenvalue weighted by molar-refractivity contribution is 0.198. The summed E-state index contributed by atoms with van der Waals surface area (Å²) >= 11 is 1.65. The number of rotatable bonds is 1. The molecular formula is C10H11N3OS. The zero-order chi connectivity index (χ0) is 10.3. The SMILES string of the molecule is OC1CCN(c2ncc3sccc3n2)C1. The van der Waals surface area contributed by atoms with Gasteiger partial charge in [0, 0.05) is 13.1 Å². The molecule has 1 unspecified atom stereocenters. The molecule has 1 aliphatic rings. The van der Waals surface area contributed by atoms with Crippen LogP contribution in [0.2, 0.25) is 0 Å². The van der Waals surface area contributed by atoms with Gasteiger partial charge < -0.3 is 10.0 Å². The highest BCUT2D eigenvalue weighted by Gasteiger charge is 2.22. The Hall–Kier alpha value is -1.20. The highest BCUT2D eigenvalue weighted by molar-refractivity contribution is 7.17. The number of aliphatic hydroxyl groups excluding tert-OH is 1. The standard InChI is InChI=1S/C10H11N3OS/c14-7-1-3-13(6-7)10-11-5-9-8(12-10)2-4-15-9/h2,4-5,7,14H,1,3,6H2. The van der Waals surface area contributed by atoms with E-state index in [2.05, 4.69) is 9.97 Å². The van der Waals surface area contributed by atoms with Gasteiger partial charge in [-0.2, -0.15) is 0 Å².